The zero-order valence-electron chi connectivity index (χ0n) is 22.4. The quantitative estimate of drug-likeness (QED) is 0.132. The van der Waals surface area contributed by atoms with Crippen molar-refractivity contribution in [3.05, 3.63) is 23.8 Å². The second-order valence-electron chi connectivity index (χ2n) is 11.8. The summed E-state index contributed by atoms with van der Waals surface area (Å²) in [6, 6.07) is 0. The number of hydrogen-bond acceptors (Lipinski definition) is 4. The highest BCUT2D eigenvalue weighted by Gasteiger charge is 2.43. The van der Waals surface area contributed by atoms with Crippen molar-refractivity contribution in [3.8, 4) is 0 Å². The fourth-order valence-electron chi connectivity index (χ4n) is 5.11. The summed E-state index contributed by atoms with van der Waals surface area (Å²) in [6.45, 7) is 13.8. The van der Waals surface area contributed by atoms with Crippen LogP contribution in [-0.2, 0) is 14.0 Å². The Hall–Kier alpha value is -0.913. The van der Waals surface area contributed by atoms with Crippen LogP contribution in [0.2, 0.25) is 18.1 Å². The van der Waals surface area contributed by atoms with E-state index in [-0.39, 0.29) is 29.1 Å². The molecule has 0 aromatic carbocycles. The number of esters is 1. The topological polar surface area (TPSA) is 55.8 Å². The van der Waals surface area contributed by atoms with E-state index in [0.717, 1.165) is 38.5 Å². The predicted octanol–water partition coefficient (Wildman–Crippen LogP) is 7.19. The largest absolute Gasteiger partial charge is 0.469 e. The zero-order valence-corrected chi connectivity index (χ0v) is 23.4. The third-order valence-corrected chi connectivity index (χ3v) is 12.7. The molecule has 190 valence electrons. The van der Waals surface area contributed by atoms with E-state index in [9.17, 15) is 9.90 Å². The first-order valence-corrected chi connectivity index (χ1v) is 16.2. The van der Waals surface area contributed by atoms with Crippen molar-refractivity contribution in [2.24, 2.45) is 17.8 Å². The maximum absolute atomic E-state index is 11.3. The Labute approximate surface area is 204 Å². The van der Waals surface area contributed by atoms with E-state index in [0.29, 0.717) is 18.3 Å². The minimum atomic E-state index is -1.85. The Morgan fingerprint density at radius 3 is 2.61 bits per heavy atom. The number of allylic oxidation sites excluding steroid dienone is 2. The van der Waals surface area contributed by atoms with Crippen molar-refractivity contribution >= 4 is 14.3 Å². The van der Waals surface area contributed by atoms with Gasteiger partial charge in [-0.1, -0.05) is 70.8 Å². The molecule has 1 unspecified atom stereocenters. The second kappa shape index (κ2) is 12.7. The first-order chi connectivity index (χ1) is 15.5. The summed E-state index contributed by atoms with van der Waals surface area (Å²) >= 11 is 0. The average Bonchev–Trinajstić information content (AvgIpc) is 3.24. The molecule has 0 amide bonds. The highest BCUT2D eigenvalue weighted by atomic mass is 28.4. The second-order valence-corrected chi connectivity index (χ2v) is 16.6. The van der Waals surface area contributed by atoms with Crippen LogP contribution >= 0.6 is 0 Å². The SMILES string of the molecule is CCCCCC(C=C[C@H]1[C@@H]2CC(CCCCC(=O)OC)=C[C@@H]2C[C@@H]1O)O[Si](C)(C)C(C)(C)C. The molecule has 0 spiro atoms. The van der Waals surface area contributed by atoms with Crippen LogP contribution in [0.5, 0.6) is 0 Å². The lowest BCUT2D eigenvalue weighted by molar-refractivity contribution is -0.140. The van der Waals surface area contributed by atoms with Crippen molar-refractivity contribution in [1.82, 2.24) is 0 Å². The van der Waals surface area contributed by atoms with Crippen LogP contribution in [0.4, 0.5) is 0 Å². The number of aliphatic hydroxyl groups is 1. The molecule has 0 aromatic rings. The van der Waals surface area contributed by atoms with Gasteiger partial charge in [0.05, 0.1) is 19.3 Å². The van der Waals surface area contributed by atoms with Crippen molar-refractivity contribution in [3.63, 3.8) is 0 Å². The summed E-state index contributed by atoms with van der Waals surface area (Å²) < 4.78 is 11.5. The van der Waals surface area contributed by atoms with Gasteiger partial charge in [0.25, 0.3) is 0 Å². The summed E-state index contributed by atoms with van der Waals surface area (Å²) in [6.07, 6.45) is 17.1. The van der Waals surface area contributed by atoms with Crippen molar-refractivity contribution in [2.75, 3.05) is 7.11 Å². The van der Waals surface area contributed by atoms with Gasteiger partial charge >= 0.3 is 5.97 Å². The molecule has 0 heterocycles. The molecule has 0 saturated heterocycles. The molecule has 1 N–H and O–H groups in total. The summed E-state index contributed by atoms with van der Waals surface area (Å²) in [5.74, 6) is 1.10. The molecule has 33 heavy (non-hydrogen) atoms. The smallest absolute Gasteiger partial charge is 0.305 e. The van der Waals surface area contributed by atoms with Crippen LogP contribution in [0.25, 0.3) is 0 Å². The maximum atomic E-state index is 11.3. The Balaban J connectivity index is 1.97. The lowest BCUT2D eigenvalue weighted by Crippen LogP contribution is -2.43. The van der Waals surface area contributed by atoms with Crippen LogP contribution < -0.4 is 0 Å². The number of ether oxygens (including phenoxy) is 1. The first kappa shape index (κ1) is 28.3. The van der Waals surface area contributed by atoms with Gasteiger partial charge in [-0.3, -0.25) is 4.79 Å². The molecular formula is C28H50O4Si. The number of methoxy groups -OCH3 is 1. The number of fused-ring (bicyclic) bond motifs is 1. The lowest BCUT2D eigenvalue weighted by Gasteiger charge is -2.39. The molecule has 4 nitrogen and oxygen atoms in total. The van der Waals surface area contributed by atoms with Crippen molar-refractivity contribution < 1.29 is 19.1 Å². The van der Waals surface area contributed by atoms with Crippen molar-refractivity contribution in [2.45, 2.75) is 122 Å². The van der Waals surface area contributed by atoms with Crippen LogP contribution in [0.1, 0.15) is 91.9 Å². The summed E-state index contributed by atoms with van der Waals surface area (Å²) in [5, 5.41) is 11.0. The molecule has 0 bridgehead atoms. The highest BCUT2D eigenvalue weighted by molar-refractivity contribution is 6.74. The highest BCUT2D eigenvalue weighted by Crippen LogP contribution is 2.48. The van der Waals surface area contributed by atoms with E-state index in [1.165, 1.54) is 31.9 Å². The summed E-state index contributed by atoms with van der Waals surface area (Å²) in [7, 11) is -0.394. The molecule has 1 fully saturated rings. The molecule has 2 aliphatic rings. The molecule has 1 saturated carbocycles. The average molecular weight is 479 g/mol. The Morgan fingerprint density at radius 1 is 1.24 bits per heavy atom. The Morgan fingerprint density at radius 2 is 1.97 bits per heavy atom. The van der Waals surface area contributed by atoms with Crippen LogP contribution in [-0.4, -0.2) is 38.7 Å². The van der Waals surface area contributed by atoms with Crippen LogP contribution in [0.3, 0.4) is 0 Å². The van der Waals surface area contributed by atoms with Crippen LogP contribution in [0, 0.1) is 17.8 Å². The number of carbonyl (C=O) groups is 1. The van der Waals surface area contributed by atoms with Gasteiger partial charge in [-0.2, -0.15) is 0 Å². The van der Waals surface area contributed by atoms with Gasteiger partial charge < -0.3 is 14.3 Å². The minimum Gasteiger partial charge on any atom is -0.469 e. The van der Waals surface area contributed by atoms with Gasteiger partial charge in [0, 0.05) is 12.3 Å². The summed E-state index contributed by atoms with van der Waals surface area (Å²) in [5.41, 5.74) is 1.51. The van der Waals surface area contributed by atoms with Gasteiger partial charge in [0.1, 0.15) is 0 Å². The number of hydrogen-bond donors (Lipinski definition) is 1. The Bertz CT molecular complexity index is 676. The standard InChI is InChI=1S/C28H50O4Si/c1-8-9-10-14-23(32-33(6,7)28(2,3)4)16-17-24-25-19-21(18-22(25)20-26(24)29)13-11-12-15-27(30)31-5/h16-18,22-26,29H,8-15,19-20H2,1-7H3/t22-,23?,24+,25-,26+/m1/s1. The lowest BCUT2D eigenvalue weighted by atomic mass is 9.88. The van der Waals surface area contributed by atoms with Gasteiger partial charge in [-0.25, -0.2) is 0 Å². The van der Waals surface area contributed by atoms with E-state index in [2.05, 4.69) is 59.0 Å². The normalized spacial score (nSPS) is 26.5. The fraction of sp³-hybridized carbons (Fsp3) is 0.821. The molecule has 5 heteroatoms. The molecule has 2 rings (SSSR count). The predicted molar refractivity (Wildman–Crippen MR) is 140 cm³/mol. The van der Waals surface area contributed by atoms with Gasteiger partial charge in [0.15, 0.2) is 8.32 Å². The molecule has 5 atom stereocenters. The number of unbranched alkanes of at least 4 members (excludes halogenated alkanes) is 3. The number of carbonyl (C=O) groups excluding carboxylic acids is 1. The molecule has 0 radical (unpaired) electrons. The maximum Gasteiger partial charge on any atom is 0.305 e. The monoisotopic (exact) mass is 478 g/mol. The van der Waals surface area contributed by atoms with E-state index in [1.807, 2.05) is 0 Å². The van der Waals surface area contributed by atoms with Crippen LogP contribution in [0.15, 0.2) is 23.8 Å². The molecule has 0 aliphatic heterocycles. The summed E-state index contributed by atoms with van der Waals surface area (Å²) in [4.78, 5) is 11.3. The molecular weight excluding hydrogens is 428 g/mol. The van der Waals surface area contributed by atoms with E-state index >= 15 is 0 Å². The third-order valence-electron chi connectivity index (χ3n) is 8.20. The number of aliphatic hydroxyl groups excluding tert-OH is 1. The third kappa shape index (κ3) is 8.36. The van der Waals surface area contributed by atoms with Gasteiger partial charge in [-0.15, -0.1) is 0 Å². The van der Waals surface area contributed by atoms with E-state index in [4.69, 9.17) is 9.16 Å². The fourth-order valence-corrected chi connectivity index (χ4v) is 6.42. The van der Waals surface area contributed by atoms with E-state index < -0.39 is 8.32 Å². The van der Waals surface area contributed by atoms with Crippen molar-refractivity contribution in [1.29, 1.82) is 0 Å². The zero-order chi connectivity index (χ0) is 24.6. The molecule has 2 aliphatic carbocycles. The Kier molecular flexibility index (Phi) is 10.9. The van der Waals surface area contributed by atoms with Gasteiger partial charge in [0.2, 0.25) is 0 Å². The minimum absolute atomic E-state index is 0.117. The first-order valence-electron chi connectivity index (χ1n) is 13.3. The van der Waals surface area contributed by atoms with E-state index in [1.54, 1.807) is 0 Å². The van der Waals surface area contributed by atoms with Gasteiger partial charge in [-0.05, 0) is 68.5 Å². The number of rotatable bonds is 13. The molecule has 0 aromatic heterocycles.